The molecule has 0 spiro atoms. The molecule has 6 heteroatoms. The van der Waals surface area contributed by atoms with Crippen LogP contribution < -0.4 is 10.1 Å². The quantitative estimate of drug-likeness (QED) is 0.651. The Morgan fingerprint density at radius 1 is 1.17 bits per heavy atom. The van der Waals surface area contributed by atoms with Crippen LogP contribution in [0.1, 0.15) is 22.5 Å². The molecule has 122 valence electrons. The van der Waals surface area contributed by atoms with Gasteiger partial charge < -0.3 is 10.1 Å². The van der Waals surface area contributed by atoms with Crippen molar-refractivity contribution in [3.05, 3.63) is 46.8 Å². The van der Waals surface area contributed by atoms with E-state index in [1.54, 1.807) is 7.11 Å². The normalized spacial score (nSPS) is 10.4. The molecule has 0 unspecified atom stereocenters. The van der Waals surface area contributed by atoms with E-state index in [-0.39, 0.29) is 5.91 Å². The van der Waals surface area contributed by atoms with Crippen LogP contribution in [-0.2, 0) is 11.3 Å². The summed E-state index contributed by atoms with van der Waals surface area (Å²) in [4.78, 5) is 20.6. The fourth-order valence-corrected chi connectivity index (χ4v) is 2.89. The minimum absolute atomic E-state index is 0.0442. The van der Waals surface area contributed by atoms with E-state index in [9.17, 15) is 4.79 Å². The molecule has 0 radical (unpaired) electrons. The van der Waals surface area contributed by atoms with E-state index in [0.717, 1.165) is 28.3 Å². The first-order valence-corrected chi connectivity index (χ1v) is 8.32. The molecule has 0 aliphatic heterocycles. The molecular weight excluding hydrogens is 310 g/mol. The van der Waals surface area contributed by atoms with Gasteiger partial charge in [0.15, 0.2) is 5.16 Å². The number of aromatic nitrogens is 2. The largest absolute Gasteiger partial charge is 0.496 e. The zero-order valence-corrected chi connectivity index (χ0v) is 14.7. The molecule has 2 aromatic rings. The number of nitrogens with one attached hydrogen (secondary N) is 1. The lowest BCUT2D eigenvalue weighted by Gasteiger charge is -2.09. The van der Waals surface area contributed by atoms with Crippen molar-refractivity contribution in [2.24, 2.45) is 0 Å². The second kappa shape index (κ2) is 7.97. The number of aryl methyl sites for hydroxylation is 3. The molecule has 1 amide bonds. The van der Waals surface area contributed by atoms with Crippen molar-refractivity contribution in [3.63, 3.8) is 0 Å². The predicted molar refractivity (Wildman–Crippen MR) is 91.8 cm³/mol. The Kier molecular flexibility index (Phi) is 5.98. The maximum Gasteiger partial charge on any atom is 0.230 e. The van der Waals surface area contributed by atoms with E-state index < -0.39 is 0 Å². The highest BCUT2D eigenvalue weighted by Gasteiger charge is 2.07. The molecule has 1 aromatic carbocycles. The van der Waals surface area contributed by atoms with Gasteiger partial charge in [-0.25, -0.2) is 9.97 Å². The van der Waals surface area contributed by atoms with Gasteiger partial charge in [-0.1, -0.05) is 23.9 Å². The number of carbonyl (C=O) groups excluding carboxylic acids is 1. The number of methoxy groups -OCH3 is 1. The first-order valence-electron chi connectivity index (χ1n) is 7.33. The van der Waals surface area contributed by atoms with Crippen LogP contribution >= 0.6 is 11.8 Å². The molecule has 0 fully saturated rings. The molecule has 1 N–H and O–H groups in total. The van der Waals surface area contributed by atoms with Gasteiger partial charge in [-0.05, 0) is 44.0 Å². The highest BCUT2D eigenvalue weighted by molar-refractivity contribution is 7.99. The number of amides is 1. The first kappa shape index (κ1) is 17.3. The van der Waals surface area contributed by atoms with Gasteiger partial charge in [0.05, 0.1) is 12.9 Å². The maximum absolute atomic E-state index is 12.0. The van der Waals surface area contributed by atoms with E-state index in [1.165, 1.54) is 11.8 Å². The lowest BCUT2D eigenvalue weighted by Crippen LogP contribution is -2.24. The molecule has 0 aliphatic rings. The molecule has 1 heterocycles. The highest BCUT2D eigenvalue weighted by atomic mass is 32.2. The summed E-state index contributed by atoms with van der Waals surface area (Å²) >= 11 is 1.34. The van der Waals surface area contributed by atoms with Crippen molar-refractivity contribution < 1.29 is 9.53 Å². The Bertz CT molecular complexity index is 684. The van der Waals surface area contributed by atoms with E-state index in [1.807, 2.05) is 45.0 Å². The zero-order valence-electron chi connectivity index (χ0n) is 13.8. The lowest BCUT2D eigenvalue weighted by atomic mass is 10.1. The Balaban J connectivity index is 1.85. The number of nitrogens with zero attached hydrogens (tertiary/aromatic N) is 2. The Labute approximate surface area is 140 Å². The Morgan fingerprint density at radius 2 is 1.87 bits per heavy atom. The van der Waals surface area contributed by atoms with E-state index in [4.69, 9.17) is 4.74 Å². The third-order valence-corrected chi connectivity index (χ3v) is 4.10. The molecule has 2 rings (SSSR count). The van der Waals surface area contributed by atoms with Gasteiger partial charge in [0, 0.05) is 17.9 Å². The van der Waals surface area contributed by atoms with Crippen LogP contribution in [0.3, 0.4) is 0 Å². The summed E-state index contributed by atoms with van der Waals surface area (Å²) in [6.07, 6.45) is 0. The van der Waals surface area contributed by atoms with Crippen molar-refractivity contribution in [1.29, 1.82) is 0 Å². The van der Waals surface area contributed by atoms with Gasteiger partial charge in [-0.3, -0.25) is 4.79 Å². The summed E-state index contributed by atoms with van der Waals surface area (Å²) in [6, 6.07) is 7.82. The Hall–Kier alpha value is -2.08. The first-order chi connectivity index (χ1) is 11.0. The van der Waals surface area contributed by atoms with Crippen LogP contribution in [-0.4, -0.2) is 28.7 Å². The predicted octanol–water partition coefficient (Wildman–Crippen LogP) is 2.82. The van der Waals surface area contributed by atoms with Crippen LogP contribution in [0.25, 0.3) is 0 Å². The van der Waals surface area contributed by atoms with Crippen molar-refractivity contribution in [2.75, 3.05) is 12.9 Å². The molecule has 5 nitrogen and oxygen atoms in total. The van der Waals surface area contributed by atoms with Crippen molar-refractivity contribution in [1.82, 2.24) is 15.3 Å². The molecule has 0 saturated carbocycles. The number of rotatable bonds is 6. The molecule has 0 atom stereocenters. The molecule has 0 aliphatic carbocycles. The molecule has 23 heavy (non-hydrogen) atoms. The molecule has 1 aromatic heterocycles. The zero-order chi connectivity index (χ0) is 16.8. The van der Waals surface area contributed by atoms with Gasteiger partial charge in [-0.15, -0.1) is 0 Å². The minimum Gasteiger partial charge on any atom is -0.496 e. The summed E-state index contributed by atoms with van der Waals surface area (Å²) in [6.45, 7) is 6.30. The van der Waals surface area contributed by atoms with E-state index >= 15 is 0 Å². The van der Waals surface area contributed by atoms with Crippen LogP contribution in [0.5, 0.6) is 5.75 Å². The number of ether oxygens (including phenoxy) is 1. The second-order valence-corrected chi connectivity index (χ2v) is 6.25. The van der Waals surface area contributed by atoms with Gasteiger partial charge >= 0.3 is 0 Å². The Morgan fingerprint density at radius 3 is 2.52 bits per heavy atom. The van der Waals surface area contributed by atoms with Gasteiger partial charge in [0.2, 0.25) is 5.91 Å². The van der Waals surface area contributed by atoms with Gasteiger partial charge in [0.25, 0.3) is 0 Å². The number of carbonyl (C=O) groups is 1. The lowest BCUT2D eigenvalue weighted by molar-refractivity contribution is -0.118. The summed E-state index contributed by atoms with van der Waals surface area (Å²) in [7, 11) is 1.64. The average Bonchev–Trinajstić information content (AvgIpc) is 2.51. The standard InChI is InChI=1S/C17H21N3O2S/c1-11-5-6-14(8-15(11)22-4)9-18-16(21)10-23-17-19-12(2)7-13(3)20-17/h5-8H,9-10H2,1-4H3,(H,18,21). The average molecular weight is 331 g/mol. The number of thioether (sulfide) groups is 1. The second-order valence-electron chi connectivity index (χ2n) is 5.30. The third-order valence-electron chi connectivity index (χ3n) is 3.26. The van der Waals surface area contributed by atoms with E-state index in [2.05, 4.69) is 15.3 Å². The van der Waals surface area contributed by atoms with Crippen molar-refractivity contribution in [3.8, 4) is 5.75 Å². The maximum atomic E-state index is 12.0. The SMILES string of the molecule is COc1cc(CNC(=O)CSc2nc(C)cc(C)n2)ccc1C. The van der Waals surface area contributed by atoms with Crippen LogP contribution in [0, 0.1) is 20.8 Å². The smallest absolute Gasteiger partial charge is 0.230 e. The van der Waals surface area contributed by atoms with Crippen molar-refractivity contribution >= 4 is 17.7 Å². The summed E-state index contributed by atoms with van der Waals surface area (Å²) in [5.41, 5.74) is 3.90. The van der Waals surface area contributed by atoms with Crippen LogP contribution in [0.2, 0.25) is 0 Å². The van der Waals surface area contributed by atoms with Crippen molar-refractivity contribution in [2.45, 2.75) is 32.5 Å². The summed E-state index contributed by atoms with van der Waals surface area (Å²) in [5, 5.41) is 3.53. The number of benzene rings is 1. The third kappa shape index (κ3) is 5.25. The van der Waals surface area contributed by atoms with E-state index in [0.29, 0.717) is 17.5 Å². The number of hydrogen-bond donors (Lipinski definition) is 1. The topological polar surface area (TPSA) is 64.1 Å². The summed E-state index contributed by atoms with van der Waals surface area (Å²) < 4.78 is 5.29. The molecule has 0 saturated heterocycles. The molecular formula is C17H21N3O2S. The fraction of sp³-hybridized carbons (Fsp3) is 0.353. The number of hydrogen-bond acceptors (Lipinski definition) is 5. The monoisotopic (exact) mass is 331 g/mol. The fourth-order valence-electron chi connectivity index (χ4n) is 2.11. The van der Waals surface area contributed by atoms with Crippen LogP contribution in [0.15, 0.2) is 29.4 Å². The van der Waals surface area contributed by atoms with Gasteiger partial charge in [0.1, 0.15) is 5.75 Å². The van der Waals surface area contributed by atoms with Crippen LogP contribution in [0.4, 0.5) is 0 Å². The summed E-state index contributed by atoms with van der Waals surface area (Å²) in [5.74, 6) is 1.08. The molecule has 0 bridgehead atoms. The highest BCUT2D eigenvalue weighted by Crippen LogP contribution is 2.19. The van der Waals surface area contributed by atoms with Gasteiger partial charge in [-0.2, -0.15) is 0 Å². The minimum atomic E-state index is -0.0442.